The van der Waals surface area contributed by atoms with Crippen molar-refractivity contribution in [1.82, 2.24) is 0 Å². The van der Waals surface area contributed by atoms with E-state index in [0.717, 1.165) is 15.4 Å². The quantitative estimate of drug-likeness (QED) is 0.174. The average Bonchev–Trinajstić information content (AvgIpc) is 3.49. The number of amides is 4. The van der Waals surface area contributed by atoms with Crippen LogP contribution >= 0.6 is 0 Å². The smallest absolute Gasteiger partial charge is 0.335 e. The third-order valence-electron chi connectivity index (χ3n) is 8.07. The molecule has 240 valence electrons. The number of hydrogen-bond donors (Lipinski definition) is 2. The molecule has 12 heteroatoms. The highest BCUT2D eigenvalue weighted by molar-refractivity contribution is 6.35. The van der Waals surface area contributed by atoms with Gasteiger partial charge in [-0.15, -0.1) is 0 Å². The summed E-state index contributed by atoms with van der Waals surface area (Å²) in [5, 5.41) is 18.5. The van der Waals surface area contributed by atoms with E-state index in [1.165, 1.54) is 36.4 Å². The molecular formula is C37H22N2O10. The van der Waals surface area contributed by atoms with Crippen molar-refractivity contribution in [2.75, 3.05) is 9.80 Å². The van der Waals surface area contributed by atoms with Crippen LogP contribution in [0.3, 0.4) is 0 Å². The number of carboxylic acids is 2. The van der Waals surface area contributed by atoms with Gasteiger partial charge in [-0.25, -0.2) is 19.4 Å². The van der Waals surface area contributed by atoms with E-state index in [9.17, 15) is 39.0 Å². The monoisotopic (exact) mass is 654 g/mol. The van der Waals surface area contributed by atoms with Gasteiger partial charge in [0.25, 0.3) is 23.6 Å². The Morgan fingerprint density at radius 3 is 1.33 bits per heavy atom. The summed E-state index contributed by atoms with van der Waals surface area (Å²) in [5.41, 5.74) is 1.48. The molecule has 5 aromatic rings. The number of anilines is 2. The average molecular weight is 655 g/mol. The number of aromatic carboxylic acids is 2. The maximum Gasteiger partial charge on any atom is 0.335 e. The Balaban J connectivity index is 1.01. The molecule has 0 aliphatic carbocycles. The largest absolute Gasteiger partial charge is 0.478 e. The molecule has 49 heavy (non-hydrogen) atoms. The highest BCUT2D eigenvalue weighted by Crippen LogP contribution is 2.35. The van der Waals surface area contributed by atoms with Gasteiger partial charge in [0.1, 0.15) is 23.0 Å². The number of imide groups is 2. The van der Waals surface area contributed by atoms with Gasteiger partial charge >= 0.3 is 11.9 Å². The standard InChI is InChI=1S/C37H22N2O10/c1-19-16-26(48-24-8-4-22(5-9-24)38-32(40)27-13-2-20(36(44)45)17-29(27)34(38)42)12-15-31(19)49-25-10-6-23(7-11-25)39-33(41)28-14-3-21(37(46)47)18-30(28)35(39)43/h2-18H,1H3,(H,44,45)(H,46,47). The number of rotatable bonds is 8. The normalized spacial score (nSPS) is 13.4. The van der Waals surface area contributed by atoms with Crippen molar-refractivity contribution in [3.63, 3.8) is 0 Å². The maximum atomic E-state index is 13.0. The lowest BCUT2D eigenvalue weighted by atomic mass is 10.1. The molecule has 0 spiro atoms. The zero-order valence-corrected chi connectivity index (χ0v) is 25.4. The Morgan fingerprint density at radius 1 is 0.490 bits per heavy atom. The zero-order chi connectivity index (χ0) is 34.6. The summed E-state index contributed by atoms with van der Waals surface area (Å²) in [6.07, 6.45) is 0. The lowest BCUT2D eigenvalue weighted by Crippen LogP contribution is -2.29. The van der Waals surface area contributed by atoms with Gasteiger partial charge < -0.3 is 19.7 Å². The topological polar surface area (TPSA) is 168 Å². The van der Waals surface area contributed by atoms with Crippen molar-refractivity contribution in [1.29, 1.82) is 0 Å². The number of carbonyl (C=O) groups excluding carboxylic acids is 4. The third kappa shape index (κ3) is 5.32. The van der Waals surface area contributed by atoms with Crippen LogP contribution in [-0.2, 0) is 0 Å². The first kappa shape index (κ1) is 30.6. The fraction of sp³-hybridized carbons (Fsp3) is 0.0270. The van der Waals surface area contributed by atoms with Gasteiger partial charge in [-0.05, 0) is 116 Å². The van der Waals surface area contributed by atoms with Gasteiger partial charge in [0.2, 0.25) is 0 Å². The number of hydrogen-bond acceptors (Lipinski definition) is 8. The van der Waals surface area contributed by atoms with Crippen LogP contribution in [0.4, 0.5) is 11.4 Å². The Labute approximate surface area is 277 Å². The molecule has 0 bridgehead atoms. The molecule has 5 aromatic carbocycles. The van der Waals surface area contributed by atoms with Crippen LogP contribution in [0.5, 0.6) is 23.0 Å². The predicted molar refractivity (Wildman–Crippen MR) is 173 cm³/mol. The molecule has 0 saturated carbocycles. The molecule has 0 radical (unpaired) electrons. The summed E-state index contributed by atoms with van der Waals surface area (Å²) in [6.45, 7) is 1.82. The van der Waals surface area contributed by atoms with Crippen molar-refractivity contribution in [2.24, 2.45) is 0 Å². The fourth-order valence-electron chi connectivity index (χ4n) is 5.61. The van der Waals surface area contributed by atoms with Crippen LogP contribution in [-0.4, -0.2) is 45.8 Å². The van der Waals surface area contributed by atoms with E-state index in [0.29, 0.717) is 34.4 Å². The SMILES string of the molecule is Cc1cc(Oc2ccc(N3C(=O)c4ccc(C(=O)O)cc4C3=O)cc2)ccc1Oc1ccc(N2C(=O)c3ccc(C(=O)O)cc3C2=O)cc1. The van der Waals surface area contributed by atoms with Crippen LogP contribution in [0.25, 0.3) is 0 Å². The van der Waals surface area contributed by atoms with Gasteiger partial charge in [-0.1, -0.05) is 0 Å². The van der Waals surface area contributed by atoms with E-state index in [2.05, 4.69) is 0 Å². The zero-order valence-electron chi connectivity index (χ0n) is 25.4. The number of ether oxygens (including phenoxy) is 2. The number of benzene rings is 5. The van der Waals surface area contributed by atoms with Crippen molar-refractivity contribution in [3.05, 3.63) is 142 Å². The molecule has 2 aliphatic rings. The summed E-state index contributed by atoms with van der Waals surface area (Å²) in [4.78, 5) is 76.3. The van der Waals surface area contributed by atoms with Gasteiger partial charge in [0, 0.05) is 0 Å². The van der Waals surface area contributed by atoms with Gasteiger partial charge in [0.05, 0.1) is 44.8 Å². The molecule has 4 amide bonds. The van der Waals surface area contributed by atoms with Gasteiger partial charge in [-0.2, -0.15) is 0 Å². The van der Waals surface area contributed by atoms with Crippen LogP contribution in [0.1, 0.15) is 67.7 Å². The second kappa shape index (κ2) is 11.6. The number of nitrogens with zero attached hydrogens (tertiary/aromatic N) is 2. The van der Waals surface area contributed by atoms with Gasteiger partial charge in [0.15, 0.2) is 0 Å². The molecule has 2 heterocycles. The molecule has 0 aromatic heterocycles. The van der Waals surface area contributed by atoms with E-state index in [4.69, 9.17) is 9.47 Å². The second-order valence-corrected chi connectivity index (χ2v) is 11.1. The van der Waals surface area contributed by atoms with E-state index in [-0.39, 0.29) is 33.4 Å². The lowest BCUT2D eigenvalue weighted by Gasteiger charge is -2.16. The van der Waals surface area contributed by atoms with Crippen LogP contribution in [0.15, 0.2) is 103 Å². The molecule has 2 N–H and O–H groups in total. The predicted octanol–water partition coefficient (Wildman–Crippen LogP) is 6.58. The molecule has 0 unspecified atom stereocenters. The molecule has 2 aliphatic heterocycles. The Morgan fingerprint density at radius 2 is 0.898 bits per heavy atom. The highest BCUT2D eigenvalue weighted by atomic mass is 16.5. The molecule has 0 atom stereocenters. The number of fused-ring (bicyclic) bond motifs is 2. The maximum absolute atomic E-state index is 13.0. The van der Waals surface area contributed by atoms with Crippen LogP contribution < -0.4 is 19.3 Å². The van der Waals surface area contributed by atoms with Crippen LogP contribution in [0.2, 0.25) is 0 Å². The minimum absolute atomic E-state index is 0.0272. The minimum Gasteiger partial charge on any atom is -0.478 e. The number of carboxylic acid groups (broad SMARTS) is 2. The number of aryl methyl sites for hydroxylation is 1. The fourth-order valence-corrected chi connectivity index (χ4v) is 5.61. The van der Waals surface area contributed by atoms with Crippen molar-refractivity contribution >= 4 is 46.9 Å². The van der Waals surface area contributed by atoms with E-state index < -0.39 is 35.6 Å². The molecule has 0 saturated heterocycles. The minimum atomic E-state index is -1.20. The highest BCUT2D eigenvalue weighted by Gasteiger charge is 2.38. The lowest BCUT2D eigenvalue weighted by molar-refractivity contribution is 0.0686. The number of carbonyl (C=O) groups is 6. The summed E-state index contributed by atoms with van der Waals surface area (Å²) < 4.78 is 12.0. The molecule has 12 nitrogen and oxygen atoms in total. The summed E-state index contributed by atoms with van der Waals surface area (Å²) in [6, 6.07) is 25.4. The molecule has 7 rings (SSSR count). The summed E-state index contributed by atoms with van der Waals surface area (Å²) in [5.74, 6) is -2.84. The van der Waals surface area contributed by atoms with Crippen molar-refractivity contribution in [2.45, 2.75) is 6.92 Å². The van der Waals surface area contributed by atoms with Crippen LogP contribution in [0, 0.1) is 6.92 Å². The van der Waals surface area contributed by atoms with Crippen molar-refractivity contribution in [3.8, 4) is 23.0 Å². The Kier molecular flexibility index (Phi) is 7.25. The second-order valence-electron chi connectivity index (χ2n) is 11.1. The Hall–Kier alpha value is -7.08. The molecular weight excluding hydrogens is 632 g/mol. The Bertz CT molecular complexity index is 2280. The van der Waals surface area contributed by atoms with E-state index >= 15 is 0 Å². The molecule has 0 fully saturated rings. The summed E-state index contributed by atoms with van der Waals surface area (Å²) in [7, 11) is 0. The first-order valence-electron chi connectivity index (χ1n) is 14.7. The summed E-state index contributed by atoms with van der Waals surface area (Å²) >= 11 is 0. The third-order valence-corrected chi connectivity index (χ3v) is 8.07. The van der Waals surface area contributed by atoms with Gasteiger partial charge in [-0.3, -0.25) is 19.2 Å². The first-order valence-corrected chi connectivity index (χ1v) is 14.7. The van der Waals surface area contributed by atoms with E-state index in [1.807, 2.05) is 6.92 Å². The van der Waals surface area contributed by atoms with Crippen molar-refractivity contribution < 1.29 is 48.5 Å². The first-order chi connectivity index (χ1) is 23.5. The van der Waals surface area contributed by atoms with E-state index in [1.54, 1.807) is 66.7 Å².